The van der Waals surface area contributed by atoms with Crippen LogP contribution in [0.3, 0.4) is 0 Å². The van der Waals surface area contributed by atoms with Crippen molar-refractivity contribution in [3.05, 3.63) is 29.1 Å². The Morgan fingerprint density at radius 2 is 1.84 bits per heavy atom. The first-order valence-electron chi connectivity index (χ1n) is 7.08. The van der Waals surface area contributed by atoms with Gasteiger partial charge in [0.15, 0.2) is 0 Å². The third-order valence-electron chi connectivity index (χ3n) is 3.82. The molecule has 3 rings (SSSR count). The first kappa shape index (κ1) is 12.7. The van der Waals surface area contributed by atoms with Crippen LogP contribution in [-0.4, -0.2) is 17.4 Å². The SMILES string of the molecule is Oc1c(C=NC2CCCCCC2)sc2ccccc12. The molecular formula is C16H19NOS. The Bertz CT molecular complexity index is 579. The van der Waals surface area contributed by atoms with Gasteiger partial charge in [-0.25, -0.2) is 0 Å². The average molecular weight is 273 g/mol. The summed E-state index contributed by atoms with van der Waals surface area (Å²) in [7, 11) is 0. The van der Waals surface area contributed by atoms with Crippen LogP contribution in [0.5, 0.6) is 5.75 Å². The van der Waals surface area contributed by atoms with E-state index in [0.717, 1.165) is 15.0 Å². The van der Waals surface area contributed by atoms with E-state index in [9.17, 15) is 5.11 Å². The van der Waals surface area contributed by atoms with Crippen LogP contribution in [0.4, 0.5) is 0 Å². The minimum atomic E-state index is 0.387. The average Bonchev–Trinajstić information content (AvgIpc) is 2.63. The molecule has 1 fully saturated rings. The zero-order valence-electron chi connectivity index (χ0n) is 11.0. The quantitative estimate of drug-likeness (QED) is 0.621. The summed E-state index contributed by atoms with van der Waals surface area (Å²) >= 11 is 1.62. The zero-order valence-corrected chi connectivity index (χ0v) is 11.8. The highest BCUT2D eigenvalue weighted by molar-refractivity contribution is 7.21. The van der Waals surface area contributed by atoms with Crippen LogP contribution in [0.15, 0.2) is 29.3 Å². The van der Waals surface area contributed by atoms with Crippen molar-refractivity contribution in [3.63, 3.8) is 0 Å². The van der Waals surface area contributed by atoms with Crippen molar-refractivity contribution >= 4 is 27.6 Å². The fourth-order valence-corrected chi connectivity index (χ4v) is 3.70. The molecule has 1 aromatic carbocycles. The molecule has 1 heterocycles. The molecule has 0 atom stereocenters. The van der Waals surface area contributed by atoms with Gasteiger partial charge in [0.1, 0.15) is 5.75 Å². The summed E-state index contributed by atoms with van der Waals surface area (Å²) in [6.45, 7) is 0. The molecule has 1 aliphatic carbocycles. The first-order valence-corrected chi connectivity index (χ1v) is 7.90. The second-order valence-corrected chi connectivity index (χ2v) is 6.32. The lowest BCUT2D eigenvalue weighted by Crippen LogP contribution is -2.02. The number of aromatic hydroxyl groups is 1. The minimum Gasteiger partial charge on any atom is -0.506 e. The predicted octanol–water partition coefficient (Wildman–Crippen LogP) is 4.75. The van der Waals surface area contributed by atoms with E-state index in [-0.39, 0.29) is 0 Å². The van der Waals surface area contributed by atoms with E-state index in [1.807, 2.05) is 30.5 Å². The molecule has 1 aromatic heterocycles. The number of hydrogen-bond acceptors (Lipinski definition) is 3. The van der Waals surface area contributed by atoms with Crippen LogP contribution in [0.25, 0.3) is 10.1 Å². The summed E-state index contributed by atoms with van der Waals surface area (Å²) in [6, 6.07) is 8.42. The molecule has 2 aromatic rings. The Hall–Kier alpha value is -1.35. The maximum atomic E-state index is 10.2. The predicted molar refractivity (Wildman–Crippen MR) is 82.6 cm³/mol. The van der Waals surface area contributed by atoms with Gasteiger partial charge in [-0.15, -0.1) is 11.3 Å². The summed E-state index contributed by atoms with van der Waals surface area (Å²) in [6.07, 6.45) is 9.56. The highest BCUT2D eigenvalue weighted by Gasteiger charge is 2.12. The Morgan fingerprint density at radius 1 is 1.11 bits per heavy atom. The number of aliphatic imine (C=N–C) groups is 1. The third kappa shape index (κ3) is 2.81. The molecule has 2 nitrogen and oxygen atoms in total. The van der Waals surface area contributed by atoms with Gasteiger partial charge < -0.3 is 5.11 Å². The highest BCUT2D eigenvalue weighted by Crippen LogP contribution is 2.35. The van der Waals surface area contributed by atoms with Crippen LogP contribution >= 0.6 is 11.3 Å². The van der Waals surface area contributed by atoms with Crippen LogP contribution < -0.4 is 0 Å². The van der Waals surface area contributed by atoms with Crippen molar-refractivity contribution in [1.29, 1.82) is 0 Å². The summed E-state index contributed by atoms with van der Waals surface area (Å²) < 4.78 is 1.13. The second-order valence-electron chi connectivity index (χ2n) is 5.23. The molecule has 19 heavy (non-hydrogen) atoms. The van der Waals surface area contributed by atoms with Gasteiger partial charge >= 0.3 is 0 Å². The summed E-state index contributed by atoms with van der Waals surface area (Å²) in [4.78, 5) is 5.59. The van der Waals surface area contributed by atoms with E-state index >= 15 is 0 Å². The lowest BCUT2D eigenvalue weighted by Gasteiger charge is -2.06. The summed E-state index contributed by atoms with van der Waals surface area (Å²) in [5.41, 5.74) is 0. The number of benzene rings is 1. The molecule has 100 valence electrons. The number of thiophene rings is 1. The van der Waals surface area contributed by atoms with Crippen LogP contribution in [0.1, 0.15) is 43.4 Å². The molecular weight excluding hydrogens is 254 g/mol. The molecule has 0 spiro atoms. The van der Waals surface area contributed by atoms with Crippen LogP contribution in [-0.2, 0) is 0 Å². The number of nitrogens with zero attached hydrogens (tertiary/aromatic N) is 1. The number of hydrogen-bond donors (Lipinski definition) is 1. The van der Waals surface area contributed by atoms with Crippen LogP contribution in [0.2, 0.25) is 0 Å². The normalized spacial score (nSPS) is 18.1. The second kappa shape index (κ2) is 5.74. The Morgan fingerprint density at radius 3 is 2.58 bits per heavy atom. The van der Waals surface area contributed by atoms with Gasteiger partial charge in [-0.3, -0.25) is 4.99 Å². The molecule has 0 radical (unpaired) electrons. The van der Waals surface area contributed by atoms with Crippen LogP contribution in [0, 0.1) is 0 Å². The van der Waals surface area contributed by atoms with E-state index in [2.05, 4.69) is 0 Å². The summed E-state index contributed by atoms with van der Waals surface area (Å²) in [5.74, 6) is 0.387. The maximum Gasteiger partial charge on any atom is 0.142 e. The first-order chi connectivity index (χ1) is 9.34. The molecule has 0 saturated heterocycles. The maximum absolute atomic E-state index is 10.2. The number of rotatable bonds is 2. The van der Waals surface area contributed by atoms with E-state index in [1.54, 1.807) is 11.3 Å². The van der Waals surface area contributed by atoms with Gasteiger partial charge in [0.2, 0.25) is 0 Å². The molecule has 0 bridgehead atoms. The largest absolute Gasteiger partial charge is 0.506 e. The van der Waals surface area contributed by atoms with Crippen molar-refractivity contribution in [2.45, 2.75) is 44.6 Å². The molecule has 1 N–H and O–H groups in total. The van der Waals surface area contributed by atoms with Gasteiger partial charge in [0.05, 0.1) is 4.88 Å². The van der Waals surface area contributed by atoms with Crippen molar-refractivity contribution in [2.24, 2.45) is 4.99 Å². The Kier molecular flexibility index (Phi) is 3.83. The standard InChI is InChI=1S/C16H19NOS/c18-16-13-9-5-6-10-14(13)19-15(16)11-17-12-7-3-1-2-4-8-12/h5-6,9-12,18H,1-4,7-8H2. The molecule has 0 unspecified atom stereocenters. The summed E-state index contributed by atoms with van der Waals surface area (Å²) in [5, 5.41) is 11.1. The highest BCUT2D eigenvalue weighted by atomic mass is 32.1. The van der Waals surface area contributed by atoms with Crippen molar-refractivity contribution in [2.75, 3.05) is 0 Å². The van der Waals surface area contributed by atoms with Crippen molar-refractivity contribution < 1.29 is 5.11 Å². The van der Waals surface area contributed by atoms with E-state index < -0.39 is 0 Å². The fourth-order valence-electron chi connectivity index (χ4n) is 2.72. The fraction of sp³-hybridized carbons (Fsp3) is 0.438. The zero-order chi connectivity index (χ0) is 13.1. The third-order valence-corrected chi connectivity index (χ3v) is 4.92. The van der Waals surface area contributed by atoms with Crippen molar-refractivity contribution in [1.82, 2.24) is 0 Å². The lowest BCUT2D eigenvalue weighted by molar-refractivity contribution is 0.483. The number of fused-ring (bicyclic) bond motifs is 1. The molecule has 0 aliphatic heterocycles. The van der Waals surface area contributed by atoms with Gasteiger partial charge in [-0.2, -0.15) is 0 Å². The molecule has 0 amide bonds. The van der Waals surface area contributed by atoms with E-state index in [0.29, 0.717) is 11.8 Å². The Labute approximate surface area is 117 Å². The smallest absolute Gasteiger partial charge is 0.142 e. The van der Waals surface area contributed by atoms with Gasteiger partial charge in [-0.05, 0) is 25.0 Å². The molecule has 1 saturated carbocycles. The van der Waals surface area contributed by atoms with Gasteiger partial charge in [-0.1, -0.05) is 37.8 Å². The van der Waals surface area contributed by atoms with Gasteiger partial charge in [0, 0.05) is 22.3 Å². The minimum absolute atomic E-state index is 0.387. The van der Waals surface area contributed by atoms with Crippen molar-refractivity contribution in [3.8, 4) is 5.75 Å². The topological polar surface area (TPSA) is 32.6 Å². The molecule has 1 aliphatic rings. The Balaban J connectivity index is 1.82. The lowest BCUT2D eigenvalue weighted by atomic mass is 10.1. The van der Waals surface area contributed by atoms with E-state index in [4.69, 9.17) is 4.99 Å². The molecule has 3 heteroatoms. The van der Waals surface area contributed by atoms with E-state index in [1.165, 1.54) is 38.5 Å². The van der Waals surface area contributed by atoms with Gasteiger partial charge in [0.25, 0.3) is 0 Å². The monoisotopic (exact) mass is 273 g/mol.